The Morgan fingerprint density at radius 1 is 1.20 bits per heavy atom. The van der Waals surface area contributed by atoms with Crippen LogP contribution in [-0.4, -0.2) is 34.6 Å². The SMILES string of the molecule is O=C(CSCc1cccs1)N1CCC(c2nc3ccccc3s2)CC1. The average molecular weight is 389 g/mol. The molecule has 1 saturated heterocycles. The van der Waals surface area contributed by atoms with Crippen molar-refractivity contribution in [3.63, 3.8) is 0 Å². The van der Waals surface area contributed by atoms with E-state index in [1.165, 1.54) is 14.6 Å². The van der Waals surface area contributed by atoms with Crippen LogP contribution in [0.1, 0.15) is 28.6 Å². The topological polar surface area (TPSA) is 33.2 Å². The number of nitrogens with zero attached hydrogens (tertiary/aromatic N) is 2. The second-order valence-electron chi connectivity index (χ2n) is 6.25. The van der Waals surface area contributed by atoms with Crippen molar-refractivity contribution in [1.82, 2.24) is 9.88 Å². The number of likely N-dealkylation sites (tertiary alicyclic amines) is 1. The van der Waals surface area contributed by atoms with Gasteiger partial charge in [-0.05, 0) is 36.4 Å². The van der Waals surface area contributed by atoms with Crippen molar-refractivity contribution in [2.45, 2.75) is 24.5 Å². The smallest absolute Gasteiger partial charge is 0.232 e. The minimum Gasteiger partial charge on any atom is -0.342 e. The fourth-order valence-electron chi connectivity index (χ4n) is 3.17. The van der Waals surface area contributed by atoms with Gasteiger partial charge in [0.25, 0.3) is 0 Å². The zero-order valence-electron chi connectivity index (χ0n) is 13.9. The molecule has 0 saturated carbocycles. The summed E-state index contributed by atoms with van der Waals surface area (Å²) in [5, 5.41) is 3.32. The van der Waals surface area contributed by atoms with Crippen molar-refractivity contribution in [2.24, 2.45) is 0 Å². The third kappa shape index (κ3) is 4.07. The van der Waals surface area contributed by atoms with E-state index in [1.54, 1.807) is 23.1 Å². The molecule has 0 atom stereocenters. The number of rotatable bonds is 5. The van der Waals surface area contributed by atoms with Gasteiger partial charge in [0.05, 0.1) is 21.0 Å². The van der Waals surface area contributed by atoms with Crippen molar-refractivity contribution in [3.8, 4) is 0 Å². The molecule has 0 unspecified atom stereocenters. The number of thiazole rings is 1. The summed E-state index contributed by atoms with van der Waals surface area (Å²) in [4.78, 5) is 20.6. The minimum absolute atomic E-state index is 0.282. The van der Waals surface area contributed by atoms with E-state index in [2.05, 4.69) is 35.7 Å². The Morgan fingerprint density at radius 3 is 2.80 bits per heavy atom. The molecule has 3 nitrogen and oxygen atoms in total. The van der Waals surface area contributed by atoms with Crippen molar-refractivity contribution in [2.75, 3.05) is 18.8 Å². The van der Waals surface area contributed by atoms with Gasteiger partial charge < -0.3 is 4.90 Å². The van der Waals surface area contributed by atoms with E-state index in [-0.39, 0.29) is 5.91 Å². The predicted molar refractivity (Wildman–Crippen MR) is 109 cm³/mol. The molecule has 3 heterocycles. The van der Waals surface area contributed by atoms with E-state index >= 15 is 0 Å². The highest BCUT2D eigenvalue weighted by atomic mass is 32.2. The average Bonchev–Trinajstić information content (AvgIpc) is 3.31. The zero-order valence-corrected chi connectivity index (χ0v) is 16.3. The van der Waals surface area contributed by atoms with Gasteiger partial charge >= 0.3 is 0 Å². The van der Waals surface area contributed by atoms with Gasteiger partial charge in [0, 0.05) is 29.6 Å². The Labute approximate surface area is 160 Å². The Bertz CT molecular complexity index is 802. The van der Waals surface area contributed by atoms with Gasteiger partial charge in [-0.3, -0.25) is 4.79 Å². The molecule has 0 bridgehead atoms. The van der Waals surface area contributed by atoms with E-state index in [0.29, 0.717) is 11.7 Å². The number of fused-ring (bicyclic) bond motifs is 1. The summed E-state index contributed by atoms with van der Waals surface area (Å²) in [5.74, 6) is 2.31. The number of hydrogen-bond donors (Lipinski definition) is 0. The molecule has 4 rings (SSSR count). The molecule has 1 aliphatic rings. The molecule has 1 fully saturated rings. The Balaban J connectivity index is 1.28. The molecule has 0 spiro atoms. The van der Waals surface area contributed by atoms with Crippen LogP contribution in [0.3, 0.4) is 0 Å². The normalized spacial score (nSPS) is 15.8. The monoisotopic (exact) mass is 388 g/mol. The van der Waals surface area contributed by atoms with Crippen LogP contribution in [0.2, 0.25) is 0 Å². The number of amides is 1. The fourth-order valence-corrected chi connectivity index (χ4v) is 6.07. The maximum atomic E-state index is 12.4. The van der Waals surface area contributed by atoms with E-state index in [4.69, 9.17) is 4.98 Å². The number of para-hydroxylation sites is 1. The van der Waals surface area contributed by atoms with E-state index in [0.717, 1.165) is 37.2 Å². The quantitative estimate of drug-likeness (QED) is 0.617. The van der Waals surface area contributed by atoms with Crippen LogP contribution in [-0.2, 0) is 10.5 Å². The maximum absolute atomic E-state index is 12.4. The second kappa shape index (κ2) is 7.89. The Hall–Kier alpha value is -1.37. The van der Waals surface area contributed by atoms with Crippen molar-refractivity contribution >= 4 is 50.6 Å². The second-order valence-corrected chi connectivity index (χ2v) is 9.33. The zero-order chi connectivity index (χ0) is 17.1. The van der Waals surface area contributed by atoms with Gasteiger partial charge in [0.1, 0.15) is 0 Å². The summed E-state index contributed by atoms with van der Waals surface area (Å²) in [6.45, 7) is 1.72. The van der Waals surface area contributed by atoms with Crippen LogP contribution >= 0.6 is 34.4 Å². The highest BCUT2D eigenvalue weighted by Gasteiger charge is 2.25. The van der Waals surface area contributed by atoms with Gasteiger partial charge in [0.15, 0.2) is 0 Å². The summed E-state index contributed by atoms with van der Waals surface area (Å²) in [6.07, 6.45) is 2.06. The van der Waals surface area contributed by atoms with E-state index in [9.17, 15) is 4.79 Å². The number of hydrogen-bond acceptors (Lipinski definition) is 5. The minimum atomic E-state index is 0.282. The molecular formula is C19H20N2OS3. The largest absolute Gasteiger partial charge is 0.342 e. The van der Waals surface area contributed by atoms with Crippen molar-refractivity contribution < 1.29 is 4.79 Å². The first-order valence-electron chi connectivity index (χ1n) is 8.53. The van der Waals surface area contributed by atoms with Gasteiger partial charge in [-0.15, -0.1) is 34.4 Å². The molecule has 0 aliphatic carbocycles. The van der Waals surface area contributed by atoms with Gasteiger partial charge in [0.2, 0.25) is 5.91 Å². The van der Waals surface area contributed by atoms with Gasteiger partial charge in [-0.1, -0.05) is 18.2 Å². The standard InChI is InChI=1S/C19H20N2OS3/c22-18(13-23-12-15-4-3-11-24-15)21-9-7-14(8-10-21)19-20-16-5-1-2-6-17(16)25-19/h1-6,11,14H,7-10,12-13H2. The lowest BCUT2D eigenvalue weighted by molar-refractivity contribution is -0.129. The fraction of sp³-hybridized carbons (Fsp3) is 0.368. The lowest BCUT2D eigenvalue weighted by Crippen LogP contribution is -2.38. The number of thiophene rings is 1. The van der Waals surface area contributed by atoms with Crippen LogP contribution in [0.15, 0.2) is 41.8 Å². The van der Waals surface area contributed by atoms with Crippen LogP contribution < -0.4 is 0 Å². The number of carbonyl (C=O) groups is 1. The number of piperidine rings is 1. The molecule has 0 N–H and O–H groups in total. The molecule has 25 heavy (non-hydrogen) atoms. The van der Waals surface area contributed by atoms with Crippen LogP contribution in [0.25, 0.3) is 10.2 Å². The first-order chi connectivity index (χ1) is 12.3. The molecule has 2 aromatic heterocycles. The van der Waals surface area contributed by atoms with Crippen LogP contribution in [0.5, 0.6) is 0 Å². The molecule has 1 aromatic carbocycles. The van der Waals surface area contributed by atoms with Crippen LogP contribution in [0, 0.1) is 0 Å². The molecule has 130 valence electrons. The summed E-state index contributed by atoms with van der Waals surface area (Å²) < 4.78 is 1.26. The Kier molecular flexibility index (Phi) is 5.39. The summed E-state index contributed by atoms with van der Waals surface area (Å²) in [6, 6.07) is 12.5. The molecule has 0 radical (unpaired) electrons. The molecule has 6 heteroatoms. The number of thioether (sulfide) groups is 1. The summed E-state index contributed by atoms with van der Waals surface area (Å²) in [7, 11) is 0. The predicted octanol–water partition coefficient (Wildman–Crippen LogP) is 5.00. The maximum Gasteiger partial charge on any atom is 0.232 e. The van der Waals surface area contributed by atoms with Crippen LogP contribution in [0.4, 0.5) is 0 Å². The number of aromatic nitrogens is 1. The highest BCUT2D eigenvalue weighted by molar-refractivity contribution is 7.99. The lowest BCUT2D eigenvalue weighted by atomic mass is 9.97. The molecule has 1 amide bonds. The molecule has 3 aromatic rings. The van der Waals surface area contributed by atoms with E-state index in [1.807, 2.05) is 22.3 Å². The lowest BCUT2D eigenvalue weighted by Gasteiger charge is -2.31. The van der Waals surface area contributed by atoms with Gasteiger partial charge in [-0.2, -0.15) is 0 Å². The molecule has 1 aliphatic heterocycles. The van der Waals surface area contributed by atoms with Crippen molar-refractivity contribution in [1.29, 1.82) is 0 Å². The molecular weight excluding hydrogens is 368 g/mol. The van der Waals surface area contributed by atoms with Gasteiger partial charge in [-0.25, -0.2) is 4.98 Å². The van der Waals surface area contributed by atoms with E-state index < -0.39 is 0 Å². The third-order valence-corrected chi connectivity index (χ3v) is 7.78. The summed E-state index contributed by atoms with van der Waals surface area (Å²) in [5.41, 5.74) is 1.10. The first kappa shape index (κ1) is 17.1. The van der Waals surface area contributed by atoms with Crippen molar-refractivity contribution in [3.05, 3.63) is 51.7 Å². The first-order valence-corrected chi connectivity index (χ1v) is 11.4. The Morgan fingerprint density at radius 2 is 2.04 bits per heavy atom. The third-order valence-electron chi connectivity index (χ3n) is 4.56. The number of benzene rings is 1. The number of carbonyl (C=O) groups excluding carboxylic acids is 1. The highest BCUT2D eigenvalue weighted by Crippen LogP contribution is 2.34. The summed E-state index contributed by atoms with van der Waals surface area (Å²) >= 11 is 5.29.